The molecule has 0 bridgehead atoms. The van der Waals surface area contributed by atoms with Crippen LogP contribution in [0.4, 0.5) is 0 Å². The molecule has 0 atom stereocenters. The number of unbranched alkanes of at least 4 members (excludes halogenated alkanes) is 5. The molecule has 3 nitrogen and oxygen atoms in total. The Labute approximate surface area is 104 Å². The van der Waals surface area contributed by atoms with Gasteiger partial charge in [-0.1, -0.05) is 25.7 Å². The van der Waals surface area contributed by atoms with Gasteiger partial charge in [0.1, 0.15) is 0 Å². The van der Waals surface area contributed by atoms with Crippen molar-refractivity contribution in [1.29, 1.82) is 0 Å². The Morgan fingerprint density at radius 3 is 2.12 bits per heavy atom. The monoisotopic (exact) mass is 248 g/mol. The molecule has 0 aliphatic carbocycles. The standard InChI is InChI=1S/C12H24O3S/c1-14-9-6-4-2-3-5-7-10-15-12(13)8-11-16/h16H,2-11H2,1H3. The van der Waals surface area contributed by atoms with Crippen LogP contribution in [-0.4, -0.2) is 32.0 Å². The average Bonchev–Trinajstić information content (AvgIpc) is 2.27. The van der Waals surface area contributed by atoms with Gasteiger partial charge in [-0.15, -0.1) is 0 Å². The van der Waals surface area contributed by atoms with Gasteiger partial charge in [-0.2, -0.15) is 12.6 Å². The summed E-state index contributed by atoms with van der Waals surface area (Å²) in [5.41, 5.74) is 0. The zero-order chi connectivity index (χ0) is 12.1. The summed E-state index contributed by atoms with van der Waals surface area (Å²) in [6.07, 6.45) is 7.37. The van der Waals surface area contributed by atoms with Gasteiger partial charge in [0.2, 0.25) is 0 Å². The van der Waals surface area contributed by atoms with Crippen molar-refractivity contribution in [3.8, 4) is 0 Å². The van der Waals surface area contributed by atoms with Gasteiger partial charge < -0.3 is 9.47 Å². The van der Waals surface area contributed by atoms with Crippen LogP contribution >= 0.6 is 12.6 Å². The fraction of sp³-hybridized carbons (Fsp3) is 0.917. The fourth-order valence-electron chi connectivity index (χ4n) is 1.41. The van der Waals surface area contributed by atoms with Crippen molar-refractivity contribution in [3.05, 3.63) is 0 Å². The maximum Gasteiger partial charge on any atom is 0.306 e. The quantitative estimate of drug-likeness (QED) is 0.347. The third-order valence-electron chi connectivity index (χ3n) is 2.32. The number of carbonyl (C=O) groups excluding carboxylic acids is 1. The predicted octanol–water partition coefficient (Wildman–Crippen LogP) is 2.84. The van der Waals surface area contributed by atoms with E-state index in [-0.39, 0.29) is 5.97 Å². The highest BCUT2D eigenvalue weighted by Gasteiger charge is 1.99. The molecule has 0 fully saturated rings. The molecule has 0 saturated carbocycles. The van der Waals surface area contributed by atoms with Crippen molar-refractivity contribution in [3.63, 3.8) is 0 Å². The molecule has 0 rings (SSSR count). The number of hydrogen-bond acceptors (Lipinski definition) is 4. The van der Waals surface area contributed by atoms with Gasteiger partial charge in [0, 0.05) is 19.5 Å². The lowest BCUT2D eigenvalue weighted by molar-refractivity contribution is -0.143. The van der Waals surface area contributed by atoms with Crippen LogP contribution in [-0.2, 0) is 14.3 Å². The first-order valence-corrected chi connectivity index (χ1v) is 6.70. The largest absolute Gasteiger partial charge is 0.466 e. The summed E-state index contributed by atoms with van der Waals surface area (Å²) in [7, 11) is 1.74. The van der Waals surface area contributed by atoms with E-state index in [0.717, 1.165) is 25.9 Å². The molecule has 0 heterocycles. The number of rotatable bonds is 11. The molecular formula is C12H24O3S. The Kier molecular flexibility index (Phi) is 12.7. The van der Waals surface area contributed by atoms with E-state index in [2.05, 4.69) is 12.6 Å². The van der Waals surface area contributed by atoms with Crippen LogP contribution in [0.2, 0.25) is 0 Å². The van der Waals surface area contributed by atoms with Crippen LogP contribution in [0.25, 0.3) is 0 Å². The number of esters is 1. The third kappa shape index (κ3) is 11.9. The molecular weight excluding hydrogens is 224 g/mol. The van der Waals surface area contributed by atoms with E-state index >= 15 is 0 Å². The van der Waals surface area contributed by atoms with Gasteiger partial charge in [-0.3, -0.25) is 4.79 Å². The molecule has 0 N–H and O–H groups in total. The second kappa shape index (κ2) is 12.8. The molecule has 0 aliphatic heterocycles. The first-order chi connectivity index (χ1) is 7.81. The predicted molar refractivity (Wildman–Crippen MR) is 69.0 cm³/mol. The van der Waals surface area contributed by atoms with Crippen LogP contribution in [0.3, 0.4) is 0 Å². The number of ether oxygens (including phenoxy) is 2. The molecule has 0 aliphatic rings. The van der Waals surface area contributed by atoms with Crippen LogP contribution < -0.4 is 0 Å². The smallest absolute Gasteiger partial charge is 0.306 e. The number of thiol groups is 1. The minimum atomic E-state index is -0.130. The Balaban J connectivity index is 3.01. The molecule has 4 heteroatoms. The Hall–Kier alpha value is -0.220. The maximum atomic E-state index is 11.0. The normalized spacial score (nSPS) is 10.4. The van der Waals surface area contributed by atoms with E-state index in [1.165, 1.54) is 19.3 Å². The lowest BCUT2D eigenvalue weighted by Gasteiger charge is -2.04. The molecule has 0 aromatic rings. The SMILES string of the molecule is COCCCCCCCCOC(=O)CCS. The average molecular weight is 248 g/mol. The second-order valence-electron chi connectivity index (χ2n) is 3.81. The molecule has 0 aromatic carbocycles. The Bertz CT molecular complexity index is 162. The first kappa shape index (κ1) is 15.8. The van der Waals surface area contributed by atoms with Crippen LogP contribution in [0.1, 0.15) is 44.9 Å². The summed E-state index contributed by atoms with van der Waals surface area (Å²) in [6.45, 7) is 1.42. The van der Waals surface area contributed by atoms with E-state index in [1.54, 1.807) is 7.11 Å². The van der Waals surface area contributed by atoms with Gasteiger partial charge in [0.05, 0.1) is 13.0 Å². The van der Waals surface area contributed by atoms with E-state index in [9.17, 15) is 4.79 Å². The number of carbonyl (C=O) groups is 1. The van der Waals surface area contributed by atoms with Crippen molar-refractivity contribution in [2.24, 2.45) is 0 Å². The molecule has 96 valence electrons. The summed E-state index contributed by atoms with van der Waals surface area (Å²) in [6, 6.07) is 0. The summed E-state index contributed by atoms with van der Waals surface area (Å²) >= 11 is 3.97. The summed E-state index contributed by atoms with van der Waals surface area (Å²) in [4.78, 5) is 11.0. The molecule has 0 saturated heterocycles. The minimum absolute atomic E-state index is 0.130. The molecule has 0 unspecified atom stereocenters. The number of methoxy groups -OCH3 is 1. The van der Waals surface area contributed by atoms with Gasteiger partial charge in [-0.25, -0.2) is 0 Å². The Morgan fingerprint density at radius 1 is 1.00 bits per heavy atom. The highest BCUT2D eigenvalue weighted by molar-refractivity contribution is 7.80. The third-order valence-corrected chi connectivity index (χ3v) is 2.55. The molecule has 0 radical (unpaired) electrons. The van der Waals surface area contributed by atoms with Crippen LogP contribution in [0.15, 0.2) is 0 Å². The van der Waals surface area contributed by atoms with Crippen LogP contribution in [0, 0.1) is 0 Å². The zero-order valence-electron chi connectivity index (χ0n) is 10.2. The van der Waals surface area contributed by atoms with E-state index in [4.69, 9.17) is 9.47 Å². The summed E-state index contributed by atoms with van der Waals surface area (Å²) < 4.78 is 9.99. The minimum Gasteiger partial charge on any atom is -0.466 e. The molecule has 16 heavy (non-hydrogen) atoms. The summed E-state index contributed by atoms with van der Waals surface area (Å²) in [5.74, 6) is 0.438. The number of hydrogen-bond donors (Lipinski definition) is 1. The highest BCUT2D eigenvalue weighted by Crippen LogP contribution is 2.05. The molecule has 0 amide bonds. The van der Waals surface area contributed by atoms with Crippen LogP contribution in [0.5, 0.6) is 0 Å². The van der Waals surface area contributed by atoms with Crippen molar-refractivity contribution in [2.45, 2.75) is 44.9 Å². The van der Waals surface area contributed by atoms with E-state index < -0.39 is 0 Å². The van der Waals surface area contributed by atoms with Gasteiger partial charge >= 0.3 is 5.97 Å². The van der Waals surface area contributed by atoms with Gasteiger partial charge in [-0.05, 0) is 12.8 Å². The second-order valence-corrected chi connectivity index (χ2v) is 4.26. The van der Waals surface area contributed by atoms with E-state index in [1.807, 2.05) is 0 Å². The van der Waals surface area contributed by atoms with Gasteiger partial charge in [0.25, 0.3) is 0 Å². The van der Waals surface area contributed by atoms with Crippen molar-refractivity contribution < 1.29 is 14.3 Å². The van der Waals surface area contributed by atoms with Gasteiger partial charge in [0.15, 0.2) is 0 Å². The van der Waals surface area contributed by atoms with Crippen molar-refractivity contribution >= 4 is 18.6 Å². The first-order valence-electron chi connectivity index (χ1n) is 6.06. The topological polar surface area (TPSA) is 35.5 Å². The fourth-order valence-corrected chi connectivity index (χ4v) is 1.59. The van der Waals surface area contributed by atoms with Crippen molar-refractivity contribution in [1.82, 2.24) is 0 Å². The Morgan fingerprint density at radius 2 is 1.56 bits per heavy atom. The van der Waals surface area contributed by atoms with E-state index in [0.29, 0.717) is 18.8 Å². The lowest BCUT2D eigenvalue weighted by Crippen LogP contribution is -2.06. The lowest BCUT2D eigenvalue weighted by atomic mass is 10.1. The summed E-state index contributed by atoms with van der Waals surface area (Å²) in [5, 5.41) is 0. The zero-order valence-corrected chi connectivity index (χ0v) is 11.1. The molecule has 0 spiro atoms. The maximum absolute atomic E-state index is 11.0. The van der Waals surface area contributed by atoms with Crippen molar-refractivity contribution in [2.75, 3.05) is 26.1 Å². The highest BCUT2D eigenvalue weighted by atomic mass is 32.1. The molecule has 0 aromatic heterocycles.